The number of amides is 2. The van der Waals surface area contributed by atoms with Crippen molar-refractivity contribution in [2.45, 2.75) is 18.9 Å². The predicted molar refractivity (Wildman–Crippen MR) is 88.8 cm³/mol. The van der Waals surface area contributed by atoms with Gasteiger partial charge in [0.25, 0.3) is 0 Å². The zero-order valence-electron chi connectivity index (χ0n) is 13.6. The Bertz CT molecular complexity index is 703. The lowest BCUT2D eigenvalue weighted by atomic mass is 10.1. The quantitative estimate of drug-likeness (QED) is 0.915. The zero-order valence-corrected chi connectivity index (χ0v) is 13.6. The molecule has 1 N–H and O–H groups in total. The number of benzene rings is 1. The van der Waals surface area contributed by atoms with E-state index in [2.05, 4.69) is 10.4 Å². The van der Waals surface area contributed by atoms with Gasteiger partial charge >= 0.3 is 6.03 Å². The molecule has 1 fully saturated rings. The van der Waals surface area contributed by atoms with Crippen LogP contribution in [0.5, 0.6) is 5.75 Å². The molecule has 2 aromatic rings. The van der Waals surface area contributed by atoms with Gasteiger partial charge in [-0.3, -0.25) is 4.68 Å². The molecule has 24 heavy (non-hydrogen) atoms. The Morgan fingerprint density at radius 3 is 3.12 bits per heavy atom. The summed E-state index contributed by atoms with van der Waals surface area (Å²) >= 11 is 0. The fourth-order valence-electron chi connectivity index (χ4n) is 2.98. The first-order valence-electron chi connectivity index (χ1n) is 8.02. The van der Waals surface area contributed by atoms with Crippen LogP contribution in [-0.2, 0) is 7.05 Å². The Balaban J connectivity index is 1.67. The minimum Gasteiger partial charge on any atom is -0.491 e. The molecular weight excluding hydrogens is 311 g/mol. The summed E-state index contributed by atoms with van der Waals surface area (Å²) < 4.78 is 19.2. The highest BCUT2D eigenvalue weighted by atomic mass is 19.1. The molecule has 1 aliphatic rings. The van der Waals surface area contributed by atoms with E-state index in [1.165, 1.54) is 0 Å². The molecule has 1 aromatic carbocycles. The van der Waals surface area contributed by atoms with Crippen LogP contribution >= 0.6 is 0 Å². The maximum Gasteiger partial charge on any atom is 0.322 e. The van der Waals surface area contributed by atoms with Gasteiger partial charge in [0.2, 0.25) is 0 Å². The first-order valence-corrected chi connectivity index (χ1v) is 8.02. The monoisotopic (exact) mass is 332 g/mol. The summed E-state index contributed by atoms with van der Waals surface area (Å²) in [5, 5.41) is 7.08. The van der Waals surface area contributed by atoms with Gasteiger partial charge < -0.3 is 15.0 Å². The number of hydrogen-bond acceptors (Lipinski definition) is 3. The summed E-state index contributed by atoms with van der Waals surface area (Å²) in [6, 6.07) is 6.89. The van der Waals surface area contributed by atoms with E-state index >= 15 is 0 Å². The summed E-state index contributed by atoms with van der Waals surface area (Å²) in [4.78, 5) is 14.4. The molecule has 1 aliphatic heterocycles. The number of rotatable bonds is 5. The Morgan fingerprint density at radius 1 is 1.50 bits per heavy atom. The number of carbonyl (C=O) groups excluding carboxylic acids is 1. The molecule has 1 aromatic heterocycles. The molecule has 128 valence electrons. The molecule has 0 radical (unpaired) electrons. The lowest BCUT2D eigenvalue weighted by molar-refractivity contribution is 0.207. The first kappa shape index (κ1) is 16.3. The van der Waals surface area contributed by atoms with Crippen molar-refractivity contribution in [3.05, 3.63) is 42.2 Å². The van der Waals surface area contributed by atoms with Crippen molar-refractivity contribution in [1.29, 1.82) is 0 Å². The topological polar surface area (TPSA) is 59.4 Å². The van der Waals surface area contributed by atoms with Crippen molar-refractivity contribution in [3.63, 3.8) is 0 Å². The van der Waals surface area contributed by atoms with Crippen LogP contribution in [0.15, 0.2) is 36.7 Å². The third-order valence-corrected chi connectivity index (χ3v) is 4.05. The fourth-order valence-corrected chi connectivity index (χ4v) is 2.98. The van der Waals surface area contributed by atoms with Gasteiger partial charge in [-0.15, -0.1) is 0 Å². The molecule has 0 spiro atoms. The number of nitrogens with one attached hydrogen (secondary N) is 1. The van der Waals surface area contributed by atoms with Gasteiger partial charge in [-0.05, 0) is 25.0 Å². The van der Waals surface area contributed by atoms with Crippen molar-refractivity contribution in [2.24, 2.45) is 7.05 Å². The van der Waals surface area contributed by atoms with Crippen LogP contribution in [0.4, 0.5) is 14.9 Å². The van der Waals surface area contributed by atoms with Crippen molar-refractivity contribution >= 4 is 11.7 Å². The maximum absolute atomic E-state index is 12.6. The first-order chi connectivity index (χ1) is 11.7. The van der Waals surface area contributed by atoms with Crippen molar-refractivity contribution in [1.82, 2.24) is 14.7 Å². The molecular formula is C17H21FN4O2. The van der Waals surface area contributed by atoms with Crippen LogP contribution in [-0.4, -0.2) is 40.5 Å². The van der Waals surface area contributed by atoms with E-state index in [9.17, 15) is 9.18 Å². The van der Waals surface area contributed by atoms with E-state index in [1.54, 1.807) is 28.9 Å². The number of nitrogens with zero attached hydrogens (tertiary/aromatic N) is 3. The molecule has 0 unspecified atom stereocenters. The highest BCUT2D eigenvalue weighted by molar-refractivity contribution is 5.90. The minimum absolute atomic E-state index is 0.00655. The number of alkyl halides is 1. The van der Waals surface area contributed by atoms with E-state index in [0.717, 1.165) is 18.4 Å². The van der Waals surface area contributed by atoms with Gasteiger partial charge in [0, 0.05) is 37.1 Å². The normalized spacial score (nSPS) is 17.1. The largest absolute Gasteiger partial charge is 0.491 e. The summed E-state index contributed by atoms with van der Waals surface area (Å²) in [6.45, 7) is 0.174. The number of urea groups is 1. The van der Waals surface area contributed by atoms with Crippen LogP contribution < -0.4 is 10.1 Å². The summed E-state index contributed by atoms with van der Waals surface area (Å²) in [5.41, 5.74) is 1.68. The Hall–Kier alpha value is -2.57. The average Bonchev–Trinajstić information content (AvgIpc) is 3.21. The molecule has 6 nitrogen and oxygen atoms in total. The van der Waals surface area contributed by atoms with Crippen molar-refractivity contribution < 1.29 is 13.9 Å². The molecule has 2 heterocycles. The number of ether oxygens (including phenoxy) is 1. The van der Waals surface area contributed by atoms with Gasteiger partial charge in [0.05, 0.1) is 12.2 Å². The van der Waals surface area contributed by atoms with Gasteiger partial charge in [-0.25, -0.2) is 9.18 Å². The molecule has 0 aliphatic carbocycles. The van der Waals surface area contributed by atoms with Crippen LogP contribution in [0, 0.1) is 0 Å². The second kappa shape index (κ2) is 7.33. The molecule has 1 atom stereocenters. The molecule has 2 amide bonds. The molecule has 1 saturated heterocycles. The number of aryl methyl sites for hydroxylation is 1. The number of hydrogen-bond donors (Lipinski definition) is 1. The number of carbonyl (C=O) groups is 1. The van der Waals surface area contributed by atoms with Crippen LogP contribution in [0.25, 0.3) is 0 Å². The lowest BCUT2D eigenvalue weighted by Crippen LogP contribution is -2.34. The smallest absolute Gasteiger partial charge is 0.322 e. The third kappa shape index (κ3) is 3.67. The molecule has 0 saturated carbocycles. The molecule has 0 bridgehead atoms. The summed E-state index contributed by atoms with van der Waals surface area (Å²) in [7, 11) is 1.87. The van der Waals surface area contributed by atoms with Gasteiger partial charge in [-0.1, -0.05) is 6.07 Å². The van der Waals surface area contributed by atoms with Gasteiger partial charge in [0.1, 0.15) is 19.0 Å². The predicted octanol–water partition coefficient (Wildman–Crippen LogP) is 3.14. The second-order valence-electron chi connectivity index (χ2n) is 5.79. The van der Waals surface area contributed by atoms with E-state index in [-0.39, 0.29) is 18.7 Å². The Morgan fingerprint density at radius 2 is 2.38 bits per heavy atom. The Labute approximate surface area is 140 Å². The SMILES string of the molecule is Cn1cc([C@@H]2CCCN2C(=O)Nc2cccc(OCCF)c2)cn1. The minimum atomic E-state index is -0.544. The third-order valence-electron chi connectivity index (χ3n) is 4.05. The highest BCUT2D eigenvalue weighted by Crippen LogP contribution is 2.32. The number of likely N-dealkylation sites (tertiary alicyclic amines) is 1. The second-order valence-corrected chi connectivity index (χ2v) is 5.79. The standard InChI is InChI=1S/C17H21FN4O2/c1-21-12-13(11-19-21)16-6-3-8-22(16)17(23)20-14-4-2-5-15(10-14)24-9-7-18/h2,4-5,10-12,16H,3,6-9H2,1H3,(H,20,23)/t16-/m0/s1. The van der Waals surface area contributed by atoms with Crippen molar-refractivity contribution in [3.8, 4) is 5.75 Å². The summed E-state index contributed by atoms with van der Waals surface area (Å²) in [5.74, 6) is 0.538. The summed E-state index contributed by atoms with van der Waals surface area (Å²) in [6.07, 6.45) is 5.65. The van der Waals surface area contributed by atoms with Crippen molar-refractivity contribution in [2.75, 3.05) is 25.1 Å². The maximum atomic E-state index is 12.6. The van der Waals surface area contributed by atoms with E-state index in [1.807, 2.05) is 24.3 Å². The zero-order chi connectivity index (χ0) is 16.9. The molecule has 7 heteroatoms. The average molecular weight is 332 g/mol. The van der Waals surface area contributed by atoms with Crippen LogP contribution in [0.1, 0.15) is 24.4 Å². The molecule has 3 rings (SSSR count). The van der Waals surface area contributed by atoms with Crippen LogP contribution in [0.2, 0.25) is 0 Å². The van der Waals surface area contributed by atoms with E-state index in [0.29, 0.717) is 18.0 Å². The highest BCUT2D eigenvalue weighted by Gasteiger charge is 2.30. The fraction of sp³-hybridized carbons (Fsp3) is 0.412. The number of anilines is 1. The number of aromatic nitrogens is 2. The van der Waals surface area contributed by atoms with Gasteiger partial charge in [-0.2, -0.15) is 5.10 Å². The Kier molecular flexibility index (Phi) is 4.98. The lowest BCUT2D eigenvalue weighted by Gasteiger charge is -2.24. The van der Waals surface area contributed by atoms with E-state index < -0.39 is 6.67 Å². The number of halogens is 1. The van der Waals surface area contributed by atoms with Gasteiger partial charge in [0.15, 0.2) is 0 Å². The van der Waals surface area contributed by atoms with Crippen LogP contribution in [0.3, 0.4) is 0 Å². The van der Waals surface area contributed by atoms with E-state index in [4.69, 9.17) is 4.74 Å².